The molecule has 19 heavy (non-hydrogen) atoms. The van der Waals surface area contributed by atoms with Gasteiger partial charge in [-0.05, 0) is 44.9 Å². The Labute approximate surface area is 121 Å². The molecule has 0 bridgehead atoms. The molecule has 0 fully saturated rings. The lowest BCUT2D eigenvalue weighted by Gasteiger charge is -1.89. The monoisotopic (exact) mass is 259 g/mol. The standard InChI is InChI=1S/C19H31/c1-3-5-7-9-11-13-15-17-19-18-16-14-12-10-8-6-4-2/h7,9-10,12-13,15-16,18H,1,3-6,8,11,14,17,19H2,2H3/b9-7+,12-10+,15-13+,18-16+. The molecule has 0 saturated heterocycles. The van der Waals surface area contributed by atoms with Crippen LogP contribution < -0.4 is 0 Å². The third-order valence-electron chi connectivity index (χ3n) is 2.81. The van der Waals surface area contributed by atoms with Gasteiger partial charge in [0.05, 0.1) is 0 Å². The summed E-state index contributed by atoms with van der Waals surface area (Å²) in [7, 11) is 0. The number of unbranched alkanes of at least 4 members (excludes halogenated alkanes) is 4. The molecule has 1 radical (unpaired) electrons. The van der Waals surface area contributed by atoms with Crippen LogP contribution in [0, 0.1) is 6.92 Å². The summed E-state index contributed by atoms with van der Waals surface area (Å²) in [6.07, 6.45) is 28.5. The van der Waals surface area contributed by atoms with E-state index in [-0.39, 0.29) is 0 Å². The van der Waals surface area contributed by atoms with Crippen LogP contribution in [0.1, 0.15) is 64.7 Å². The van der Waals surface area contributed by atoms with Crippen molar-refractivity contribution in [3.63, 3.8) is 0 Å². The molecular weight excluding hydrogens is 228 g/mol. The molecule has 0 aliphatic carbocycles. The third kappa shape index (κ3) is 17.0. The van der Waals surface area contributed by atoms with Crippen molar-refractivity contribution >= 4 is 0 Å². The number of allylic oxidation sites excluding steroid dienone is 8. The van der Waals surface area contributed by atoms with E-state index in [2.05, 4.69) is 62.5 Å². The molecule has 0 saturated carbocycles. The summed E-state index contributed by atoms with van der Waals surface area (Å²) >= 11 is 0. The van der Waals surface area contributed by atoms with Crippen LogP contribution in [-0.2, 0) is 0 Å². The second-order valence-corrected chi connectivity index (χ2v) is 4.72. The van der Waals surface area contributed by atoms with Crippen LogP contribution in [0.3, 0.4) is 0 Å². The molecule has 0 heteroatoms. The van der Waals surface area contributed by atoms with Crippen LogP contribution in [0.5, 0.6) is 0 Å². The second-order valence-electron chi connectivity index (χ2n) is 4.72. The predicted molar refractivity (Wildman–Crippen MR) is 89.1 cm³/mol. The van der Waals surface area contributed by atoms with Gasteiger partial charge in [-0.15, -0.1) is 0 Å². The van der Waals surface area contributed by atoms with E-state index in [0.29, 0.717) is 0 Å². The van der Waals surface area contributed by atoms with Crippen molar-refractivity contribution in [2.45, 2.75) is 64.7 Å². The van der Waals surface area contributed by atoms with E-state index in [1.54, 1.807) is 0 Å². The highest BCUT2D eigenvalue weighted by Crippen LogP contribution is 1.99. The Morgan fingerprint density at radius 3 is 1.58 bits per heavy atom. The van der Waals surface area contributed by atoms with Crippen molar-refractivity contribution in [1.82, 2.24) is 0 Å². The fourth-order valence-electron chi connectivity index (χ4n) is 1.65. The average Bonchev–Trinajstić information content (AvgIpc) is 2.43. The zero-order chi connectivity index (χ0) is 14.0. The Bertz CT molecular complexity index is 266. The topological polar surface area (TPSA) is 0 Å². The number of hydrogen-bond acceptors (Lipinski definition) is 0. The maximum absolute atomic E-state index is 3.81. The van der Waals surface area contributed by atoms with Crippen molar-refractivity contribution in [3.8, 4) is 0 Å². The maximum atomic E-state index is 3.81. The number of rotatable bonds is 12. The lowest BCUT2D eigenvalue weighted by molar-refractivity contribution is 0.813. The summed E-state index contributed by atoms with van der Waals surface area (Å²) in [5.41, 5.74) is 0. The molecule has 0 atom stereocenters. The van der Waals surface area contributed by atoms with Gasteiger partial charge in [0.2, 0.25) is 0 Å². The molecule has 0 aliphatic rings. The van der Waals surface area contributed by atoms with Gasteiger partial charge in [-0.25, -0.2) is 0 Å². The van der Waals surface area contributed by atoms with E-state index in [9.17, 15) is 0 Å². The van der Waals surface area contributed by atoms with E-state index in [1.807, 2.05) is 0 Å². The van der Waals surface area contributed by atoms with E-state index in [1.165, 1.54) is 19.3 Å². The van der Waals surface area contributed by atoms with Gasteiger partial charge >= 0.3 is 0 Å². The fourth-order valence-corrected chi connectivity index (χ4v) is 1.65. The van der Waals surface area contributed by atoms with Gasteiger partial charge in [0, 0.05) is 0 Å². The summed E-state index contributed by atoms with van der Waals surface area (Å²) < 4.78 is 0. The van der Waals surface area contributed by atoms with Crippen molar-refractivity contribution in [2.24, 2.45) is 0 Å². The minimum Gasteiger partial charge on any atom is -0.0882 e. The highest BCUT2D eigenvalue weighted by molar-refractivity contribution is 4.96. The Balaban J connectivity index is 3.33. The first-order valence-electron chi connectivity index (χ1n) is 7.81. The first-order valence-corrected chi connectivity index (χ1v) is 7.81. The highest BCUT2D eigenvalue weighted by atomic mass is 13.9. The zero-order valence-corrected chi connectivity index (χ0v) is 12.7. The summed E-state index contributed by atoms with van der Waals surface area (Å²) in [6.45, 7) is 6.04. The maximum Gasteiger partial charge on any atom is -0.0169 e. The molecule has 0 aromatic heterocycles. The molecule has 0 heterocycles. The largest absolute Gasteiger partial charge is 0.0882 e. The molecular formula is C19H31. The smallest absolute Gasteiger partial charge is 0.0169 e. The predicted octanol–water partition coefficient (Wildman–Crippen LogP) is 6.58. The van der Waals surface area contributed by atoms with Crippen molar-refractivity contribution in [2.75, 3.05) is 0 Å². The zero-order valence-electron chi connectivity index (χ0n) is 12.7. The fraction of sp³-hybridized carbons (Fsp3) is 0.526. The summed E-state index contributed by atoms with van der Waals surface area (Å²) in [6, 6.07) is 0. The van der Waals surface area contributed by atoms with Crippen LogP contribution in [0.25, 0.3) is 0 Å². The Morgan fingerprint density at radius 1 is 0.632 bits per heavy atom. The van der Waals surface area contributed by atoms with Crippen molar-refractivity contribution in [3.05, 3.63) is 55.5 Å². The van der Waals surface area contributed by atoms with Gasteiger partial charge in [-0.1, -0.05) is 75.3 Å². The van der Waals surface area contributed by atoms with Gasteiger partial charge in [0.15, 0.2) is 0 Å². The lowest BCUT2D eigenvalue weighted by atomic mass is 10.2. The van der Waals surface area contributed by atoms with E-state index < -0.39 is 0 Å². The molecule has 0 aromatic carbocycles. The number of hydrogen-bond donors (Lipinski definition) is 0. The van der Waals surface area contributed by atoms with Crippen LogP contribution in [0.2, 0.25) is 0 Å². The van der Waals surface area contributed by atoms with Gasteiger partial charge < -0.3 is 0 Å². The van der Waals surface area contributed by atoms with E-state index in [0.717, 1.165) is 38.5 Å². The van der Waals surface area contributed by atoms with Crippen LogP contribution in [0.4, 0.5) is 0 Å². The second kappa shape index (κ2) is 17.0. The highest BCUT2D eigenvalue weighted by Gasteiger charge is 1.79. The quantitative estimate of drug-likeness (QED) is 0.274. The first kappa shape index (κ1) is 18.0. The first-order chi connectivity index (χ1) is 9.41. The normalized spacial score (nSPS) is 12.7. The van der Waals surface area contributed by atoms with Crippen molar-refractivity contribution < 1.29 is 0 Å². The molecule has 0 N–H and O–H groups in total. The van der Waals surface area contributed by atoms with Crippen LogP contribution >= 0.6 is 0 Å². The Hall–Kier alpha value is -1.04. The van der Waals surface area contributed by atoms with Gasteiger partial charge in [-0.2, -0.15) is 0 Å². The van der Waals surface area contributed by atoms with Crippen LogP contribution in [-0.4, -0.2) is 0 Å². The Morgan fingerprint density at radius 2 is 1.11 bits per heavy atom. The van der Waals surface area contributed by atoms with Gasteiger partial charge in [0.25, 0.3) is 0 Å². The van der Waals surface area contributed by atoms with Gasteiger partial charge in [0.1, 0.15) is 0 Å². The minimum absolute atomic E-state index is 0.998. The van der Waals surface area contributed by atoms with E-state index >= 15 is 0 Å². The molecule has 0 amide bonds. The molecule has 0 rings (SSSR count). The molecule has 107 valence electrons. The molecule has 0 spiro atoms. The summed E-state index contributed by atoms with van der Waals surface area (Å²) in [5, 5.41) is 0. The molecule has 0 unspecified atom stereocenters. The average molecular weight is 259 g/mol. The third-order valence-corrected chi connectivity index (χ3v) is 2.81. The molecule has 0 aromatic rings. The van der Waals surface area contributed by atoms with Crippen molar-refractivity contribution in [1.29, 1.82) is 0 Å². The van der Waals surface area contributed by atoms with Crippen LogP contribution in [0.15, 0.2) is 48.6 Å². The summed E-state index contributed by atoms with van der Waals surface area (Å²) in [4.78, 5) is 0. The minimum atomic E-state index is 0.998. The molecule has 0 nitrogen and oxygen atoms in total. The van der Waals surface area contributed by atoms with E-state index in [4.69, 9.17) is 0 Å². The summed E-state index contributed by atoms with van der Waals surface area (Å²) in [5.74, 6) is 0. The Kier molecular flexibility index (Phi) is 16.0. The van der Waals surface area contributed by atoms with Gasteiger partial charge in [-0.3, -0.25) is 0 Å². The SMILES string of the molecule is [CH2]CC/C=C/C/C=C/CC/C=C/C/C=C/CCCC. The molecule has 0 aliphatic heterocycles. The lowest BCUT2D eigenvalue weighted by Crippen LogP contribution is -1.68.